The van der Waals surface area contributed by atoms with Crippen molar-refractivity contribution >= 4 is 39.9 Å². The van der Waals surface area contributed by atoms with E-state index < -0.39 is 17.9 Å². The molecule has 0 bridgehead atoms. The minimum atomic E-state index is -0.662. The number of imide groups is 1. The highest BCUT2D eigenvalue weighted by Crippen LogP contribution is 2.35. The summed E-state index contributed by atoms with van der Waals surface area (Å²) in [4.78, 5) is 37.5. The van der Waals surface area contributed by atoms with Crippen LogP contribution in [0.2, 0.25) is 0 Å². The number of furan rings is 1. The Bertz CT molecular complexity index is 1120. The second kappa shape index (κ2) is 9.36. The van der Waals surface area contributed by atoms with Crippen LogP contribution < -0.4 is 14.8 Å². The summed E-state index contributed by atoms with van der Waals surface area (Å²) >= 11 is 3.38. The van der Waals surface area contributed by atoms with Gasteiger partial charge in [0.2, 0.25) is 5.76 Å². The predicted molar refractivity (Wildman–Crippen MR) is 109 cm³/mol. The largest absolute Gasteiger partial charge is 0.493 e. The van der Waals surface area contributed by atoms with Crippen molar-refractivity contribution in [3.63, 3.8) is 0 Å². The van der Waals surface area contributed by atoms with Gasteiger partial charge in [0.05, 0.1) is 20.8 Å². The van der Waals surface area contributed by atoms with Crippen molar-refractivity contribution in [2.45, 2.75) is 6.54 Å². The number of esters is 1. The number of nitriles is 1. The number of ether oxygens (including phenoxy) is 3. The summed E-state index contributed by atoms with van der Waals surface area (Å²) in [6.45, 7) is -0.318. The molecule has 0 radical (unpaired) electrons. The minimum Gasteiger partial charge on any atom is -0.493 e. The third-order valence-corrected chi connectivity index (χ3v) is 4.89. The van der Waals surface area contributed by atoms with Gasteiger partial charge in [-0.25, -0.2) is 9.59 Å². The highest BCUT2D eigenvalue weighted by atomic mass is 79.9. The van der Waals surface area contributed by atoms with Gasteiger partial charge in [0.25, 0.3) is 5.91 Å². The highest BCUT2D eigenvalue weighted by molar-refractivity contribution is 9.10. The van der Waals surface area contributed by atoms with E-state index in [1.165, 1.54) is 32.4 Å². The number of nitrogens with zero attached hydrogens (tertiary/aromatic N) is 2. The lowest BCUT2D eigenvalue weighted by molar-refractivity contribution is -0.123. The van der Waals surface area contributed by atoms with Crippen molar-refractivity contribution in [2.75, 3.05) is 20.8 Å². The first-order valence-electron chi connectivity index (χ1n) is 8.76. The van der Waals surface area contributed by atoms with Gasteiger partial charge in [-0.05, 0) is 35.9 Å². The zero-order chi connectivity index (χ0) is 22.5. The predicted octanol–water partition coefficient (Wildman–Crippen LogP) is 2.83. The van der Waals surface area contributed by atoms with Crippen molar-refractivity contribution in [3.8, 4) is 17.6 Å². The Morgan fingerprint density at radius 2 is 2.06 bits per heavy atom. The fraction of sp³-hybridized carbons (Fsp3) is 0.200. The molecule has 1 fully saturated rings. The van der Waals surface area contributed by atoms with Crippen LogP contribution in [0.25, 0.3) is 6.08 Å². The van der Waals surface area contributed by atoms with Crippen LogP contribution in [0, 0.1) is 11.3 Å². The summed E-state index contributed by atoms with van der Waals surface area (Å²) in [5, 5.41) is 11.2. The Morgan fingerprint density at radius 1 is 1.29 bits per heavy atom. The van der Waals surface area contributed by atoms with E-state index in [-0.39, 0.29) is 30.4 Å². The van der Waals surface area contributed by atoms with Gasteiger partial charge < -0.3 is 23.9 Å². The number of methoxy groups -OCH3 is 2. The number of halogens is 1. The van der Waals surface area contributed by atoms with Crippen LogP contribution in [-0.2, 0) is 16.1 Å². The summed E-state index contributed by atoms with van der Waals surface area (Å²) in [7, 11) is 2.66. The first-order chi connectivity index (χ1) is 14.9. The van der Waals surface area contributed by atoms with Crippen molar-refractivity contribution in [1.82, 2.24) is 10.2 Å². The molecule has 10 nitrogen and oxygen atoms in total. The number of hydrogen-bond donors (Lipinski definition) is 1. The molecule has 11 heteroatoms. The van der Waals surface area contributed by atoms with E-state index in [4.69, 9.17) is 19.2 Å². The quantitative estimate of drug-likeness (QED) is 0.356. The molecular formula is C20H16BrN3O7. The molecule has 31 heavy (non-hydrogen) atoms. The molecule has 1 saturated heterocycles. The first kappa shape index (κ1) is 21.9. The van der Waals surface area contributed by atoms with E-state index >= 15 is 0 Å². The molecule has 1 aliphatic heterocycles. The van der Waals surface area contributed by atoms with E-state index in [0.717, 1.165) is 4.90 Å². The van der Waals surface area contributed by atoms with Crippen LogP contribution >= 0.6 is 15.9 Å². The minimum absolute atomic E-state index is 0.0324. The lowest BCUT2D eigenvalue weighted by Crippen LogP contribution is -2.30. The van der Waals surface area contributed by atoms with Gasteiger partial charge in [-0.3, -0.25) is 9.69 Å². The van der Waals surface area contributed by atoms with Gasteiger partial charge >= 0.3 is 12.0 Å². The number of amides is 3. The van der Waals surface area contributed by atoms with Gasteiger partial charge in [0, 0.05) is 4.47 Å². The molecule has 1 N–H and O–H groups in total. The number of nitrogens with one attached hydrogen (secondary N) is 1. The van der Waals surface area contributed by atoms with E-state index in [1.54, 1.807) is 12.1 Å². The molecule has 1 aromatic carbocycles. The Balaban J connectivity index is 1.82. The molecule has 160 valence electrons. The van der Waals surface area contributed by atoms with Crippen LogP contribution in [0.15, 0.2) is 38.9 Å². The van der Waals surface area contributed by atoms with Crippen molar-refractivity contribution in [3.05, 3.63) is 51.5 Å². The highest BCUT2D eigenvalue weighted by Gasteiger charge is 2.34. The topological polar surface area (TPSA) is 131 Å². The number of carbonyl (C=O) groups excluding carboxylic acids is 3. The zero-order valence-electron chi connectivity index (χ0n) is 16.4. The van der Waals surface area contributed by atoms with Crippen molar-refractivity contribution < 1.29 is 33.0 Å². The van der Waals surface area contributed by atoms with E-state index in [2.05, 4.69) is 26.0 Å². The maximum absolute atomic E-state index is 12.7. The van der Waals surface area contributed by atoms with Gasteiger partial charge in [-0.15, -0.1) is 0 Å². The standard InChI is InChI=1S/C20H16BrN3O7/c1-28-16-8-11(13(21)9-17(16)30-6-5-22)7-14-18(25)24(20(27)23-14)10-12-3-4-15(31-12)19(26)29-2/h3-4,7-9H,6,10H2,1-2H3,(H,23,27)/b14-7-. The maximum atomic E-state index is 12.7. The van der Waals surface area contributed by atoms with Gasteiger partial charge in [0.1, 0.15) is 17.5 Å². The maximum Gasteiger partial charge on any atom is 0.373 e. The van der Waals surface area contributed by atoms with Gasteiger partial charge in [-0.1, -0.05) is 15.9 Å². The summed E-state index contributed by atoms with van der Waals surface area (Å²) in [6, 6.07) is 7.31. The van der Waals surface area contributed by atoms with E-state index in [9.17, 15) is 14.4 Å². The molecule has 0 atom stereocenters. The second-order valence-electron chi connectivity index (χ2n) is 6.11. The number of hydrogen-bond acceptors (Lipinski definition) is 8. The van der Waals surface area contributed by atoms with Crippen molar-refractivity contribution in [1.29, 1.82) is 5.26 Å². The smallest absolute Gasteiger partial charge is 0.373 e. The summed E-state index contributed by atoms with van der Waals surface area (Å²) in [5.74, 6) is -0.325. The second-order valence-corrected chi connectivity index (χ2v) is 6.96. The Hall–Kier alpha value is -3.78. The molecule has 3 rings (SSSR count). The number of benzene rings is 1. The monoisotopic (exact) mass is 489 g/mol. The molecule has 0 spiro atoms. The number of rotatable bonds is 7. The Kier molecular flexibility index (Phi) is 6.61. The first-order valence-corrected chi connectivity index (χ1v) is 9.56. The lowest BCUT2D eigenvalue weighted by Gasteiger charge is -2.11. The third-order valence-electron chi connectivity index (χ3n) is 4.20. The average molecular weight is 490 g/mol. The molecule has 2 aromatic rings. The van der Waals surface area contributed by atoms with E-state index in [0.29, 0.717) is 21.5 Å². The fourth-order valence-electron chi connectivity index (χ4n) is 2.74. The van der Waals surface area contributed by atoms with Gasteiger partial charge in [-0.2, -0.15) is 5.26 Å². The van der Waals surface area contributed by atoms with Crippen LogP contribution in [0.4, 0.5) is 4.79 Å². The third kappa shape index (κ3) is 4.70. The van der Waals surface area contributed by atoms with Gasteiger partial charge in [0.15, 0.2) is 18.1 Å². The number of urea groups is 1. The zero-order valence-corrected chi connectivity index (χ0v) is 18.0. The number of carbonyl (C=O) groups is 3. The fourth-order valence-corrected chi connectivity index (χ4v) is 3.18. The molecule has 1 aromatic heterocycles. The summed E-state index contributed by atoms with van der Waals surface area (Å²) in [5.41, 5.74) is 0.579. The Morgan fingerprint density at radius 3 is 2.74 bits per heavy atom. The average Bonchev–Trinajstić information content (AvgIpc) is 3.33. The van der Waals surface area contributed by atoms with Crippen LogP contribution in [0.3, 0.4) is 0 Å². The van der Waals surface area contributed by atoms with Crippen LogP contribution in [0.1, 0.15) is 21.9 Å². The molecule has 0 aliphatic carbocycles. The molecule has 0 saturated carbocycles. The van der Waals surface area contributed by atoms with Crippen LogP contribution in [-0.4, -0.2) is 43.6 Å². The normalized spacial score (nSPS) is 14.4. The Labute approximate surface area is 185 Å². The summed E-state index contributed by atoms with van der Waals surface area (Å²) < 4.78 is 21.0. The lowest BCUT2D eigenvalue weighted by atomic mass is 10.1. The van der Waals surface area contributed by atoms with Crippen LogP contribution in [0.5, 0.6) is 11.5 Å². The SMILES string of the molecule is COC(=O)c1ccc(CN2C(=O)N/C(=C\c3cc(OC)c(OCC#N)cc3Br)C2=O)o1. The molecule has 1 aliphatic rings. The molecular weight excluding hydrogens is 474 g/mol. The molecule has 2 heterocycles. The molecule has 0 unspecified atom stereocenters. The van der Waals surface area contributed by atoms with Crippen molar-refractivity contribution in [2.24, 2.45) is 0 Å². The van der Waals surface area contributed by atoms with E-state index in [1.807, 2.05) is 6.07 Å². The molecule has 3 amide bonds. The summed E-state index contributed by atoms with van der Waals surface area (Å²) in [6.07, 6.45) is 1.48.